The first-order chi connectivity index (χ1) is 12.6. The van der Waals surface area contributed by atoms with Crippen LogP contribution in [-0.4, -0.2) is 66.4 Å². The molecule has 2 aliphatic rings. The topological polar surface area (TPSA) is 26.8 Å². The first-order valence-electron chi connectivity index (χ1n) is 10.1. The number of likely N-dealkylation sites (N-methyl/N-ethyl adjacent to an activating group) is 1. The standard InChI is InChI=1S/C21H32ClN3O/c1-2-23-12-14-25(15-13-23)21(26)7-6-18-8-10-24(11-9-18)17-19-4-3-5-20(22)16-19/h3-5,16,18H,2,6-15,17H2,1H3. The van der Waals surface area contributed by atoms with Crippen LogP contribution in [0.25, 0.3) is 0 Å². The predicted molar refractivity (Wildman–Crippen MR) is 107 cm³/mol. The molecule has 2 aliphatic heterocycles. The van der Waals surface area contributed by atoms with Gasteiger partial charge in [-0.3, -0.25) is 9.69 Å². The highest BCUT2D eigenvalue weighted by Gasteiger charge is 2.23. The molecule has 0 spiro atoms. The summed E-state index contributed by atoms with van der Waals surface area (Å²) in [7, 11) is 0. The molecular weight excluding hydrogens is 346 g/mol. The number of carbonyl (C=O) groups excluding carboxylic acids is 1. The summed E-state index contributed by atoms with van der Waals surface area (Å²) in [6, 6.07) is 8.16. The van der Waals surface area contributed by atoms with E-state index >= 15 is 0 Å². The van der Waals surface area contributed by atoms with Crippen LogP contribution in [0.5, 0.6) is 0 Å². The van der Waals surface area contributed by atoms with E-state index in [1.165, 1.54) is 18.4 Å². The lowest BCUT2D eigenvalue weighted by atomic mass is 9.91. The molecule has 26 heavy (non-hydrogen) atoms. The summed E-state index contributed by atoms with van der Waals surface area (Å²) in [4.78, 5) is 19.5. The molecule has 2 fully saturated rings. The Bertz CT molecular complexity index is 578. The zero-order valence-corrected chi connectivity index (χ0v) is 16.8. The van der Waals surface area contributed by atoms with Gasteiger partial charge in [0.2, 0.25) is 5.91 Å². The van der Waals surface area contributed by atoms with Crippen LogP contribution < -0.4 is 0 Å². The van der Waals surface area contributed by atoms with Gasteiger partial charge in [-0.2, -0.15) is 0 Å². The number of halogens is 1. The molecule has 144 valence electrons. The molecule has 0 aromatic heterocycles. The maximum Gasteiger partial charge on any atom is 0.222 e. The van der Waals surface area contributed by atoms with E-state index in [9.17, 15) is 4.79 Å². The Morgan fingerprint density at radius 2 is 1.81 bits per heavy atom. The number of amides is 1. The molecule has 0 unspecified atom stereocenters. The summed E-state index contributed by atoms with van der Waals surface area (Å²) < 4.78 is 0. The van der Waals surface area contributed by atoms with Crippen LogP contribution in [-0.2, 0) is 11.3 Å². The van der Waals surface area contributed by atoms with Crippen LogP contribution in [0, 0.1) is 5.92 Å². The van der Waals surface area contributed by atoms with Crippen LogP contribution >= 0.6 is 11.6 Å². The second kappa shape index (κ2) is 9.72. The Kier molecular flexibility index (Phi) is 7.35. The van der Waals surface area contributed by atoms with Crippen molar-refractivity contribution in [1.82, 2.24) is 14.7 Å². The van der Waals surface area contributed by atoms with Crippen molar-refractivity contribution in [3.63, 3.8) is 0 Å². The fraction of sp³-hybridized carbons (Fsp3) is 0.667. The van der Waals surface area contributed by atoms with Gasteiger partial charge in [-0.1, -0.05) is 30.7 Å². The number of piperazine rings is 1. The second-order valence-corrected chi connectivity index (χ2v) is 8.14. The van der Waals surface area contributed by atoms with Gasteiger partial charge >= 0.3 is 0 Å². The van der Waals surface area contributed by atoms with Gasteiger partial charge in [0, 0.05) is 44.2 Å². The van der Waals surface area contributed by atoms with Gasteiger partial charge < -0.3 is 9.80 Å². The number of rotatable bonds is 6. The zero-order valence-electron chi connectivity index (χ0n) is 16.0. The van der Waals surface area contributed by atoms with Crippen molar-refractivity contribution in [2.45, 2.75) is 39.2 Å². The predicted octanol–water partition coefficient (Wildman–Crippen LogP) is 3.50. The zero-order chi connectivity index (χ0) is 18.4. The van der Waals surface area contributed by atoms with Gasteiger partial charge in [0.05, 0.1) is 0 Å². The highest BCUT2D eigenvalue weighted by molar-refractivity contribution is 6.30. The lowest BCUT2D eigenvalue weighted by Gasteiger charge is -2.35. The minimum absolute atomic E-state index is 0.363. The molecule has 0 bridgehead atoms. The Hall–Kier alpha value is -1.10. The molecule has 3 rings (SSSR count). The van der Waals surface area contributed by atoms with E-state index < -0.39 is 0 Å². The van der Waals surface area contributed by atoms with Gasteiger partial charge in [0.25, 0.3) is 0 Å². The summed E-state index contributed by atoms with van der Waals surface area (Å²) in [5.41, 5.74) is 1.29. The molecule has 1 amide bonds. The molecule has 5 heteroatoms. The Labute approximate surface area is 163 Å². The van der Waals surface area contributed by atoms with Crippen LogP contribution in [0.4, 0.5) is 0 Å². The van der Waals surface area contributed by atoms with E-state index in [0.29, 0.717) is 11.8 Å². The molecule has 0 radical (unpaired) electrons. The molecule has 4 nitrogen and oxygen atoms in total. The number of benzene rings is 1. The summed E-state index contributed by atoms with van der Waals surface area (Å²) in [5, 5.41) is 0.815. The highest BCUT2D eigenvalue weighted by atomic mass is 35.5. The first kappa shape index (κ1) is 19.7. The summed E-state index contributed by atoms with van der Waals surface area (Å²) in [6.45, 7) is 10.4. The van der Waals surface area contributed by atoms with Crippen molar-refractivity contribution in [2.75, 3.05) is 45.8 Å². The van der Waals surface area contributed by atoms with E-state index in [4.69, 9.17) is 11.6 Å². The summed E-state index contributed by atoms with van der Waals surface area (Å²) in [6.07, 6.45) is 4.19. The summed E-state index contributed by atoms with van der Waals surface area (Å²) in [5.74, 6) is 1.06. The quantitative estimate of drug-likeness (QED) is 0.759. The SMILES string of the molecule is CCN1CCN(C(=O)CCC2CCN(Cc3cccc(Cl)c3)CC2)CC1. The fourth-order valence-corrected chi connectivity index (χ4v) is 4.34. The van der Waals surface area contributed by atoms with Gasteiger partial charge in [0.15, 0.2) is 0 Å². The molecule has 0 saturated carbocycles. The molecule has 2 heterocycles. The maximum absolute atomic E-state index is 12.5. The summed E-state index contributed by atoms with van der Waals surface area (Å²) >= 11 is 6.08. The van der Waals surface area contributed by atoms with Crippen LogP contribution in [0.3, 0.4) is 0 Å². The van der Waals surface area contributed by atoms with Crippen molar-refractivity contribution < 1.29 is 4.79 Å². The molecule has 2 saturated heterocycles. The molecule has 0 N–H and O–H groups in total. The average molecular weight is 378 g/mol. The minimum Gasteiger partial charge on any atom is -0.340 e. The molecule has 0 aliphatic carbocycles. The Morgan fingerprint density at radius 3 is 2.46 bits per heavy atom. The highest BCUT2D eigenvalue weighted by Crippen LogP contribution is 2.24. The third-order valence-electron chi connectivity index (χ3n) is 5.94. The Morgan fingerprint density at radius 1 is 1.08 bits per heavy atom. The van der Waals surface area contributed by atoms with Crippen molar-refractivity contribution in [3.8, 4) is 0 Å². The van der Waals surface area contributed by atoms with Gasteiger partial charge in [-0.15, -0.1) is 0 Å². The van der Waals surface area contributed by atoms with E-state index in [1.807, 2.05) is 12.1 Å². The number of nitrogens with zero attached hydrogens (tertiary/aromatic N) is 3. The van der Waals surface area contributed by atoms with E-state index in [-0.39, 0.29) is 0 Å². The smallest absolute Gasteiger partial charge is 0.222 e. The minimum atomic E-state index is 0.363. The van der Waals surface area contributed by atoms with Crippen LogP contribution in [0.1, 0.15) is 38.2 Å². The third-order valence-corrected chi connectivity index (χ3v) is 6.18. The van der Waals surface area contributed by atoms with E-state index in [1.54, 1.807) is 0 Å². The first-order valence-corrected chi connectivity index (χ1v) is 10.5. The van der Waals surface area contributed by atoms with E-state index in [0.717, 1.165) is 70.2 Å². The molecular formula is C21H32ClN3O. The van der Waals surface area contributed by atoms with Crippen molar-refractivity contribution in [3.05, 3.63) is 34.9 Å². The van der Waals surface area contributed by atoms with Crippen LogP contribution in [0.15, 0.2) is 24.3 Å². The van der Waals surface area contributed by atoms with Crippen LogP contribution in [0.2, 0.25) is 5.02 Å². The molecule has 0 atom stereocenters. The average Bonchev–Trinajstić information content (AvgIpc) is 2.67. The van der Waals surface area contributed by atoms with Crippen molar-refractivity contribution >= 4 is 17.5 Å². The number of likely N-dealkylation sites (tertiary alicyclic amines) is 1. The Balaban J connectivity index is 1.34. The number of hydrogen-bond acceptors (Lipinski definition) is 3. The van der Waals surface area contributed by atoms with E-state index in [2.05, 4.69) is 33.8 Å². The largest absolute Gasteiger partial charge is 0.340 e. The monoisotopic (exact) mass is 377 g/mol. The second-order valence-electron chi connectivity index (χ2n) is 7.70. The van der Waals surface area contributed by atoms with Crippen molar-refractivity contribution in [1.29, 1.82) is 0 Å². The molecule has 1 aromatic carbocycles. The molecule has 1 aromatic rings. The lowest BCUT2D eigenvalue weighted by molar-refractivity contribution is -0.133. The normalized spacial score (nSPS) is 20.5. The lowest BCUT2D eigenvalue weighted by Crippen LogP contribution is -2.48. The van der Waals surface area contributed by atoms with Gasteiger partial charge in [-0.05, 0) is 62.5 Å². The van der Waals surface area contributed by atoms with Gasteiger partial charge in [0.1, 0.15) is 0 Å². The third kappa shape index (κ3) is 5.70. The number of carbonyl (C=O) groups is 1. The number of piperidine rings is 1. The van der Waals surface area contributed by atoms with Gasteiger partial charge in [-0.25, -0.2) is 0 Å². The maximum atomic E-state index is 12.5. The number of hydrogen-bond donors (Lipinski definition) is 0. The van der Waals surface area contributed by atoms with Crippen molar-refractivity contribution in [2.24, 2.45) is 5.92 Å². The fourth-order valence-electron chi connectivity index (χ4n) is 4.13.